The van der Waals surface area contributed by atoms with Crippen LogP contribution in [-0.4, -0.2) is 34.6 Å². The van der Waals surface area contributed by atoms with Crippen molar-refractivity contribution in [2.45, 2.75) is 12.8 Å². The quantitative estimate of drug-likeness (QED) is 0.682. The Morgan fingerprint density at radius 2 is 2.33 bits per heavy atom. The lowest BCUT2D eigenvalue weighted by atomic mass is 10.0. The minimum absolute atomic E-state index is 0.0153. The molecule has 3 rings (SSSR count). The number of nitrogens with one attached hydrogen (secondary N) is 1. The zero-order chi connectivity index (χ0) is 14.7. The molecule has 1 N–H and O–H groups in total. The highest BCUT2D eigenvalue weighted by atomic mass is 16.6. The maximum absolute atomic E-state index is 10.9. The first-order chi connectivity index (χ1) is 10.2. The molecule has 1 unspecified atom stereocenters. The zero-order valence-electron chi connectivity index (χ0n) is 11.5. The fourth-order valence-corrected chi connectivity index (χ4v) is 2.51. The Morgan fingerprint density at radius 1 is 1.43 bits per heavy atom. The Kier molecular flexibility index (Phi) is 3.92. The Balaban J connectivity index is 1.83. The molecule has 0 radical (unpaired) electrons. The van der Waals surface area contributed by atoms with Crippen molar-refractivity contribution in [1.82, 2.24) is 15.3 Å². The normalized spacial score (nSPS) is 18.6. The van der Waals surface area contributed by atoms with Crippen LogP contribution in [0.1, 0.15) is 12.8 Å². The molecule has 7 nitrogen and oxygen atoms in total. The molecule has 1 aliphatic heterocycles. The molecule has 0 bridgehead atoms. The zero-order valence-corrected chi connectivity index (χ0v) is 11.5. The molecule has 1 atom stereocenters. The van der Waals surface area contributed by atoms with E-state index in [2.05, 4.69) is 15.3 Å². The first-order valence-electron chi connectivity index (χ1n) is 6.97. The Hall–Kier alpha value is -2.28. The van der Waals surface area contributed by atoms with Crippen LogP contribution in [0.15, 0.2) is 24.5 Å². The van der Waals surface area contributed by atoms with E-state index in [-0.39, 0.29) is 5.69 Å². The lowest BCUT2D eigenvalue weighted by Crippen LogP contribution is -2.33. The SMILES string of the molecule is O=[N+]([O-])c1ccc2ncnc(OCC3CCCNC3)c2c1. The molecule has 21 heavy (non-hydrogen) atoms. The second-order valence-electron chi connectivity index (χ2n) is 5.16. The summed E-state index contributed by atoms with van der Waals surface area (Å²) in [5.41, 5.74) is 0.661. The molecule has 1 saturated heterocycles. The lowest BCUT2D eigenvalue weighted by molar-refractivity contribution is -0.384. The van der Waals surface area contributed by atoms with E-state index in [1.165, 1.54) is 18.5 Å². The second kappa shape index (κ2) is 6.01. The van der Waals surface area contributed by atoms with Crippen LogP contribution in [0.2, 0.25) is 0 Å². The monoisotopic (exact) mass is 288 g/mol. The van der Waals surface area contributed by atoms with E-state index in [1.54, 1.807) is 6.07 Å². The highest BCUT2D eigenvalue weighted by Gasteiger charge is 2.16. The van der Waals surface area contributed by atoms with Gasteiger partial charge in [0.1, 0.15) is 6.33 Å². The standard InChI is InChI=1S/C14H16N4O3/c19-18(20)11-3-4-13-12(6-11)14(17-9-16-13)21-8-10-2-1-5-15-7-10/h3-4,6,9-10,15H,1-2,5,7-8H2. The Morgan fingerprint density at radius 3 is 3.10 bits per heavy atom. The van der Waals surface area contributed by atoms with E-state index in [4.69, 9.17) is 4.74 Å². The third kappa shape index (κ3) is 3.08. The molecule has 2 aromatic rings. The van der Waals surface area contributed by atoms with Gasteiger partial charge in [-0.1, -0.05) is 0 Å². The first kappa shape index (κ1) is 13.7. The van der Waals surface area contributed by atoms with Crippen LogP contribution in [0.25, 0.3) is 10.9 Å². The number of aromatic nitrogens is 2. The summed E-state index contributed by atoms with van der Waals surface area (Å²) in [6.07, 6.45) is 3.68. The summed E-state index contributed by atoms with van der Waals surface area (Å²) >= 11 is 0. The number of hydrogen-bond acceptors (Lipinski definition) is 6. The van der Waals surface area contributed by atoms with Crippen molar-refractivity contribution in [3.8, 4) is 5.88 Å². The first-order valence-corrected chi connectivity index (χ1v) is 6.97. The van der Waals surface area contributed by atoms with Gasteiger partial charge in [0.25, 0.3) is 5.69 Å². The molecule has 7 heteroatoms. The molecule has 1 aromatic carbocycles. The molecule has 0 amide bonds. The summed E-state index contributed by atoms with van der Waals surface area (Å²) in [6.45, 7) is 2.55. The summed E-state index contributed by atoms with van der Waals surface area (Å²) in [5, 5.41) is 14.8. The summed E-state index contributed by atoms with van der Waals surface area (Å²) in [4.78, 5) is 18.7. The van der Waals surface area contributed by atoms with Crippen molar-refractivity contribution in [2.24, 2.45) is 5.92 Å². The number of fused-ring (bicyclic) bond motifs is 1. The fraction of sp³-hybridized carbons (Fsp3) is 0.429. The van der Waals surface area contributed by atoms with E-state index < -0.39 is 4.92 Å². The Labute approximate surface area is 121 Å². The third-order valence-electron chi connectivity index (χ3n) is 3.65. The van der Waals surface area contributed by atoms with Crippen molar-refractivity contribution >= 4 is 16.6 Å². The van der Waals surface area contributed by atoms with Crippen LogP contribution in [0, 0.1) is 16.0 Å². The number of nitrogens with zero attached hydrogens (tertiary/aromatic N) is 3. The van der Waals surface area contributed by atoms with Crippen LogP contribution in [0.4, 0.5) is 5.69 Å². The van der Waals surface area contributed by atoms with Crippen molar-refractivity contribution in [3.63, 3.8) is 0 Å². The second-order valence-corrected chi connectivity index (χ2v) is 5.16. The van der Waals surface area contributed by atoms with Crippen molar-refractivity contribution < 1.29 is 9.66 Å². The summed E-state index contributed by atoms with van der Waals surface area (Å²) in [5.74, 6) is 0.858. The van der Waals surface area contributed by atoms with Gasteiger partial charge in [-0.25, -0.2) is 9.97 Å². The predicted octanol–water partition coefficient (Wildman–Crippen LogP) is 1.92. The smallest absolute Gasteiger partial charge is 0.270 e. The topological polar surface area (TPSA) is 90.2 Å². The Bertz CT molecular complexity index is 656. The van der Waals surface area contributed by atoms with Gasteiger partial charge in [-0.3, -0.25) is 10.1 Å². The molecular weight excluding hydrogens is 272 g/mol. The molecular formula is C14H16N4O3. The van der Waals surface area contributed by atoms with Gasteiger partial charge in [-0.05, 0) is 25.5 Å². The van der Waals surface area contributed by atoms with Gasteiger partial charge >= 0.3 is 0 Å². The largest absolute Gasteiger partial charge is 0.477 e. The lowest BCUT2D eigenvalue weighted by Gasteiger charge is -2.22. The van der Waals surface area contributed by atoms with E-state index in [9.17, 15) is 10.1 Å². The molecule has 1 fully saturated rings. The number of nitro groups is 1. The minimum atomic E-state index is -0.429. The highest BCUT2D eigenvalue weighted by Crippen LogP contribution is 2.26. The van der Waals surface area contributed by atoms with Gasteiger partial charge in [0.15, 0.2) is 0 Å². The van der Waals surface area contributed by atoms with E-state index in [1.807, 2.05) is 0 Å². The molecule has 110 valence electrons. The van der Waals surface area contributed by atoms with Crippen molar-refractivity contribution in [3.05, 3.63) is 34.6 Å². The van der Waals surface area contributed by atoms with Crippen LogP contribution in [0.3, 0.4) is 0 Å². The molecule has 1 aliphatic rings. The number of benzene rings is 1. The van der Waals surface area contributed by atoms with Gasteiger partial charge < -0.3 is 10.1 Å². The number of nitro benzene ring substituents is 1. The molecule has 0 saturated carbocycles. The van der Waals surface area contributed by atoms with Crippen LogP contribution < -0.4 is 10.1 Å². The van der Waals surface area contributed by atoms with E-state index in [0.29, 0.717) is 29.3 Å². The summed E-state index contributed by atoms with van der Waals surface area (Å²) in [6, 6.07) is 4.51. The van der Waals surface area contributed by atoms with Crippen LogP contribution in [0.5, 0.6) is 5.88 Å². The maximum Gasteiger partial charge on any atom is 0.270 e. The number of hydrogen-bond donors (Lipinski definition) is 1. The van der Waals surface area contributed by atoms with Gasteiger partial charge in [0.2, 0.25) is 5.88 Å². The van der Waals surface area contributed by atoms with E-state index in [0.717, 1.165) is 25.9 Å². The fourth-order valence-electron chi connectivity index (χ4n) is 2.51. The summed E-state index contributed by atoms with van der Waals surface area (Å²) < 4.78 is 5.78. The molecule has 0 spiro atoms. The average molecular weight is 288 g/mol. The van der Waals surface area contributed by atoms with E-state index >= 15 is 0 Å². The van der Waals surface area contributed by atoms with Gasteiger partial charge in [-0.2, -0.15) is 0 Å². The number of ether oxygens (including phenoxy) is 1. The van der Waals surface area contributed by atoms with Gasteiger partial charge in [0.05, 0.1) is 22.4 Å². The van der Waals surface area contributed by atoms with Gasteiger partial charge in [0, 0.05) is 24.6 Å². The molecule has 2 heterocycles. The summed E-state index contributed by atoms with van der Waals surface area (Å²) in [7, 11) is 0. The third-order valence-corrected chi connectivity index (χ3v) is 3.65. The highest BCUT2D eigenvalue weighted by molar-refractivity contribution is 5.85. The predicted molar refractivity (Wildman–Crippen MR) is 77.3 cm³/mol. The molecule has 1 aromatic heterocycles. The number of rotatable bonds is 4. The van der Waals surface area contributed by atoms with Gasteiger partial charge in [-0.15, -0.1) is 0 Å². The molecule has 0 aliphatic carbocycles. The maximum atomic E-state index is 10.9. The number of piperidine rings is 1. The van der Waals surface area contributed by atoms with Crippen molar-refractivity contribution in [1.29, 1.82) is 0 Å². The number of non-ortho nitro benzene ring substituents is 1. The van der Waals surface area contributed by atoms with Crippen molar-refractivity contribution in [2.75, 3.05) is 19.7 Å². The average Bonchev–Trinajstić information content (AvgIpc) is 2.53. The van der Waals surface area contributed by atoms with Crippen LogP contribution >= 0.6 is 0 Å². The minimum Gasteiger partial charge on any atom is -0.477 e. The van der Waals surface area contributed by atoms with Crippen LogP contribution in [-0.2, 0) is 0 Å².